The summed E-state index contributed by atoms with van der Waals surface area (Å²) in [6.45, 7) is 1.42. The molecular weight excluding hydrogens is 292 g/mol. The van der Waals surface area contributed by atoms with Crippen LogP contribution in [0.15, 0.2) is 24.3 Å². The summed E-state index contributed by atoms with van der Waals surface area (Å²) in [4.78, 5) is 14.0. The lowest BCUT2D eigenvalue weighted by atomic mass is 9.79. The van der Waals surface area contributed by atoms with Gasteiger partial charge in [-0.15, -0.1) is 0 Å². The van der Waals surface area contributed by atoms with Gasteiger partial charge < -0.3 is 19.7 Å². The Balaban J connectivity index is 1.48. The predicted molar refractivity (Wildman–Crippen MR) is 89.9 cm³/mol. The number of nitrogens with one attached hydrogen (secondary N) is 1. The summed E-state index contributed by atoms with van der Waals surface area (Å²) in [5.74, 6) is 1.60. The number of anilines is 1. The Bertz CT molecular complexity index is 530. The lowest BCUT2D eigenvalue weighted by Gasteiger charge is -2.42. The number of hydrogen-bond acceptors (Lipinski definition) is 3. The number of carbonyl (C=O) groups is 1. The number of benzene rings is 1. The van der Waals surface area contributed by atoms with Crippen molar-refractivity contribution in [2.45, 2.75) is 37.7 Å². The molecule has 0 unspecified atom stereocenters. The average Bonchev–Trinajstić information content (AvgIpc) is 3.34. The van der Waals surface area contributed by atoms with Crippen molar-refractivity contribution in [3.05, 3.63) is 24.3 Å². The minimum absolute atomic E-state index is 0.111. The van der Waals surface area contributed by atoms with E-state index in [4.69, 9.17) is 9.47 Å². The van der Waals surface area contributed by atoms with Crippen molar-refractivity contribution in [2.75, 3.05) is 32.6 Å². The first-order valence-electron chi connectivity index (χ1n) is 8.40. The fourth-order valence-electron chi connectivity index (χ4n) is 2.85. The molecule has 5 heteroatoms. The molecule has 0 atom stereocenters. The first kappa shape index (κ1) is 16.1. The number of hydrogen-bond donors (Lipinski definition) is 1. The van der Waals surface area contributed by atoms with Gasteiger partial charge in [0.05, 0.1) is 18.8 Å². The SMILES string of the molecule is COC1(CN(C)C(=O)Nc2ccc(OCC3CC3)cc2)CCC1. The first-order valence-corrected chi connectivity index (χ1v) is 8.40. The van der Waals surface area contributed by atoms with E-state index in [0.29, 0.717) is 6.54 Å². The van der Waals surface area contributed by atoms with E-state index < -0.39 is 0 Å². The van der Waals surface area contributed by atoms with Crippen LogP contribution in [0, 0.1) is 5.92 Å². The van der Waals surface area contributed by atoms with Crippen LogP contribution in [0.1, 0.15) is 32.1 Å². The molecular formula is C18H26N2O3. The van der Waals surface area contributed by atoms with Crippen LogP contribution in [-0.2, 0) is 4.74 Å². The number of amides is 2. The van der Waals surface area contributed by atoms with E-state index in [1.807, 2.05) is 31.3 Å². The zero-order chi connectivity index (χ0) is 16.3. The second-order valence-electron chi connectivity index (χ2n) is 6.81. The van der Waals surface area contributed by atoms with Crippen LogP contribution in [0.25, 0.3) is 0 Å². The second-order valence-corrected chi connectivity index (χ2v) is 6.81. The third-order valence-corrected chi connectivity index (χ3v) is 4.86. The fraction of sp³-hybridized carbons (Fsp3) is 0.611. The molecule has 0 bridgehead atoms. The molecule has 0 heterocycles. The van der Waals surface area contributed by atoms with Crippen LogP contribution < -0.4 is 10.1 Å². The molecule has 2 saturated carbocycles. The number of likely N-dealkylation sites (N-methyl/N-ethyl adjacent to an activating group) is 1. The van der Waals surface area contributed by atoms with Gasteiger partial charge in [0.25, 0.3) is 0 Å². The largest absolute Gasteiger partial charge is 0.493 e. The second kappa shape index (κ2) is 6.79. The molecule has 0 aromatic heterocycles. The van der Waals surface area contributed by atoms with E-state index in [0.717, 1.165) is 36.8 Å². The van der Waals surface area contributed by atoms with Crippen molar-refractivity contribution in [1.82, 2.24) is 4.90 Å². The molecule has 2 aliphatic carbocycles. The van der Waals surface area contributed by atoms with E-state index >= 15 is 0 Å². The van der Waals surface area contributed by atoms with Crippen molar-refractivity contribution in [1.29, 1.82) is 0 Å². The molecule has 0 radical (unpaired) electrons. The third-order valence-electron chi connectivity index (χ3n) is 4.86. The standard InChI is InChI=1S/C18H26N2O3/c1-20(13-18(22-2)10-3-11-18)17(21)19-15-6-8-16(9-7-15)23-12-14-4-5-14/h6-9,14H,3-5,10-13H2,1-2H3,(H,19,21). The first-order chi connectivity index (χ1) is 11.1. The van der Waals surface area contributed by atoms with E-state index in [9.17, 15) is 4.79 Å². The summed E-state index contributed by atoms with van der Waals surface area (Å²) in [5, 5.41) is 2.92. The summed E-state index contributed by atoms with van der Waals surface area (Å²) in [6.07, 6.45) is 5.78. The molecule has 3 rings (SSSR count). The molecule has 1 aromatic rings. The third kappa shape index (κ3) is 4.16. The number of rotatable bonds is 7. The summed E-state index contributed by atoms with van der Waals surface area (Å²) in [5.41, 5.74) is 0.632. The summed E-state index contributed by atoms with van der Waals surface area (Å²) in [6, 6.07) is 7.45. The van der Waals surface area contributed by atoms with Gasteiger partial charge in [0, 0.05) is 19.8 Å². The van der Waals surface area contributed by atoms with Gasteiger partial charge in [-0.05, 0) is 62.3 Å². The molecule has 2 aliphatic rings. The smallest absolute Gasteiger partial charge is 0.321 e. The monoisotopic (exact) mass is 318 g/mol. The van der Waals surface area contributed by atoms with Crippen molar-refractivity contribution in [3.8, 4) is 5.75 Å². The highest BCUT2D eigenvalue weighted by Gasteiger charge is 2.38. The number of ether oxygens (including phenoxy) is 2. The molecule has 0 aliphatic heterocycles. The Morgan fingerprint density at radius 3 is 2.52 bits per heavy atom. The lowest BCUT2D eigenvalue weighted by molar-refractivity contribution is -0.0818. The Labute approximate surface area is 137 Å². The predicted octanol–water partition coefficient (Wildman–Crippen LogP) is 3.51. The summed E-state index contributed by atoms with van der Waals surface area (Å²) in [7, 11) is 3.53. The number of nitrogens with zero attached hydrogens (tertiary/aromatic N) is 1. The molecule has 126 valence electrons. The van der Waals surface area contributed by atoms with Crippen LogP contribution in [-0.4, -0.2) is 43.8 Å². The molecule has 0 saturated heterocycles. The van der Waals surface area contributed by atoms with E-state index in [1.165, 1.54) is 19.3 Å². The molecule has 2 amide bonds. The van der Waals surface area contributed by atoms with Gasteiger partial charge in [-0.3, -0.25) is 0 Å². The normalized spacial score (nSPS) is 18.9. The summed E-state index contributed by atoms with van der Waals surface area (Å²) >= 11 is 0. The zero-order valence-corrected chi connectivity index (χ0v) is 14.0. The lowest BCUT2D eigenvalue weighted by Crippen LogP contribution is -2.50. The number of carbonyl (C=O) groups excluding carboxylic acids is 1. The topological polar surface area (TPSA) is 50.8 Å². The van der Waals surface area contributed by atoms with Gasteiger partial charge in [-0.1, -0.05) is 0 Å². The van der Waals surface area contributed by atoms with Crippen molar-refractivity contribution < 1.29 is 14.3 Å². The van der Waals surface area contributed by atoms with Crippen molar-refractivity contribution in [3.63, 3.8) is 0 Å². The van der Waals surface area contributed by atoms with Gasteiger partial charge in [0.15, 0.2) is 0 Å². The Morgan fingerprint density at radius 1 is 1.30 bits per heavy atom. The van der Waals surface area contributed by atoms with Gasteiger partial charge in [0.1, 0.15) is 5.75 Å². The van der Waals surface area contributed by atoms with Crippen molar-refractivity contribution >= 4 is 11.7 Å². The van der Waals surface area contributed by atoms with Gasteiger partial charge >= 0.3 is 6.03 Å². The quantitative estimate of drug-likeness (QED) is 0.837. The Hall–Kier alpha value is -1.75. The summed E-state index contributed by atoms with van der Waals surface area (Å²) < 4.78 is 11.3. The molecule has 1 N–H and O–H groups in total. The Kier molecular flexibility index (Phi) is 4.76. The number of urea groups is 1. The maximum atomic E-state index is 12.3. The Morgan fingerprint density at radius 2 is 2.00 bits per heavy atom. The van der Waals surface area contributed by atoms with Gasteiger partial charge in [0.2, 0.25) is 0 Å². The van der Waals surface area contributed by atoms with E-state index in [1.54, 1.807) is 12.0 Å². The van der Waals surface area contributed by atoms with Gasteiger partial charge in [-0.2, -0.15) is 0 Å². The zero-order valence-electron chi connectivity index (χ0n) is 14.0. The van der Waals surface area contributed by atoms with Crippen LogP contribution in [0.5, 0.6) is 5.75 Å². The van der Waals surface area contributed by atoms with Crippen LogP contribution in [0.3, 0.4) is 0 Å². The van der Waals surface area contributed by atoms with Gasteiger partial charge in [-0.25, -0.2) is 4.79 Å². The molecule has 2 fully saturated rings. The van der Waals surface area contributed by atoms with E-state index in [-0.39, 0.29) is 11.6 Å². The maximum absolute atomic E-state index is 12.3. The molecule has 1 aromatic carbocycles. The highest BCUT2D eigenvalue weighted by Crippen LogP contribution is 2.35. The van der Waals surface area contributed by atoms with Crippen LogP contribution in [0.4, 0.5) is 10.5 Å². The van der Waals surface area contributed by atoms with Crippen LogP contribution >= 0.6 is 0 Å². The molecule has 23 heavy (non-hydrogen) atoms. The molecule has 0 spiro atoms. The van der Waals surface area contributed by atoms with E-state index in [2.05, 4.69) is 5.32 Å². The minimum atomic E-state index is -0.146. The molecule has 5 nitrogen and oxygen atoms in total. The highest BCUT2D eigenvalue weighted by atomic mass is 16.5. The van der Waals surface area contributed by atoms with Crippen molar-refractivity contribution in [2.24, 2.45) is 5.92 Å². The minimum Gasteiger partial charge on any atom is -0.493 e. The van der Waals surface area contributed by atoms with Crippen LogP contribution in [0.2, 0.25) is 0 Å². The highest BCUT2D eigenvalue weighted by molar-refractivity contribution is 5.89. The fourth-order valence-corrected chi connectivity index (χ4v) is 2.85. The maximum Gasteiger partial charge on any atom is 0.321 e. The number of methoxy groups -OCH3 is 1. The average molecular weight is 318 g/mol.